The molecule has 0 unspecified atom stereocenters. The molecule has 2 rings (SSSR count). The Labute approximate surface area is 163 Å². The van der Waals surface area contributed by atoms with Crippen LogP contribution in [0.2, 0.25) is 0 Å². The average molecular weight is 388 g/mol. The third-order valence-electron chi connectivity index (χ3n) is 3.77. The van der Waals surface area contributed by atoms with Crippen LogP contribution in [-0.4, -0.2) is 17.7 Å². The number of benzene rings is 1. The van der Waals surface area contributed by atoms with Gasteiger partial charge in [0.05, 0.1) is 9.88 Å². The van der Waals surface area contributed by atoms with Crippen molar-refractivity contribution in [1.29, 1.82) is 0 Å². The maximum absolute atomic E-state index is 12.6. The Kier molecular flexibility index (Phi) is 6.38. The molecule has 144 valence electrons. The van der Waals surface area contributed by atoms with E-state index in [-0.39, 0.29) is 17.7 Å². The lowest BCUT2D eigenvalue weighted by molar-refractivity contribution is -0.123. The molecule has 0 fully saturated rings. The number of hydrogen-bond acceptors (Lipinski definition) is 4. The van der Waals surface area contributed by atoms with Gasteiger partial charge in [0.15, 0.2) is 0 Å². The summed E-state index contributed by atoms with van der Waals surface area (Å²) in [5.74, 6) is -0.449. The lowest BCUT2D eigenvalue weighted by Gasteiger charge is -2.16. The maximum Gasteiger partial charge on any atom is 0.266 e. The highest BCUT2D eigenvalue weighted by Gasteiger charge is 2.23. The lowest BCUT2D eigenvalue weighted by atomic mass is 9.96. The molecule has 0 spiro atoms. The molecule has 1 heterocycles. The second kappa shape index (κ2) is 8.35. The van der Waals surface area contributed by atoms with E-state index in [1.54, 1.807) is 37.3 Å². The highest BCUT2D eigenvalue weighted by molar-refractivity contribution is 7.18. The molecule has 1 aromatic carbocycles. The summed E-state index contributed by atoms with van der Waals surface area (Å²) in [6.45, 7) is 9.11. The van der Waals surface area contributed by atoms with Gasteiger partial charge in [0.25, 0.3) is 5.91 Å². The van der Waals surface area contributed by atoms with Gasteiger partial charge in [-0.1, -0.05) is 33.8 Å². The summed E-state index contributed by atoms with van der Waals surface area (Å²) in [4.78, 5) is 36.8. The van der Waals surface area contributed by atoms with E-state index in [0.717, 1.165) is 5.56 Å². The van der Waals surface area contributed by atoms with Crippen LogP contribution in [0.25, 0.3) is 0 Å². The highest BCUT2D eigenvalue weighted by atomic mass is 32.1. The molecule has 0 saturated heterocycles. The number of amides is 3. The zero-order chi connectivity index (χ0) is 20.2. The fraction of sp³-hybridized carbons (Fsp3) is 0.350. The third-order valence-corrected chi connectivity index (χ3v) is 4.92. The molecular weight excluding hydrogens is 362 g/mol. The smallest absolute Gasteiger partial charge is 0.266 e. The van der Waals surface area contributed by atoms with E-state index in [4.69, 9.17) is 0 Å². The standard InChI is InChI=1S/C20H25N3O3S/c1-6-15(24)21-13-8-7-9-14(11-13)22-18(25)17-12(2)10-16(27-17)23-19(26)20(3,4)5/h7-11H,6H2,1-5H3,(H,21,24)(H,22,25)(H,23,26). The fourth-order valence-electron chi connectivity index (χ4n) is 2.18. The number of hydrogen-bond donors (Lipinski definition) is 3. The molecule has 7 heteroatoms. The predicted octanol–water partition coefficient (Wildman–Crippen LogP) is 4.64. The summed E-state index contributed by atoms with van der Waals surface area (Å²) in [6, 6.07) is 8.78. The van der Waals surface area contributed by atoms with Crippen LogP contribution in [-0.2, 0) is 9.59 Å². The fourth-order valence-corrected chi connectivity index (χ4v) is 3.14. The van der Waals surface area contributed by atoms with E-state index in [1.165, 1.54) is 11.3 Å². The molecule has 0 radical (unpaired) electrons. The molecule has 2 aromatic rings. The summed E-state index contributed by atoms with van der Waals surface area (Å²) in [5.41, 5.74) is 1.49. The van der Waals surface area contributed by atoms with Gasteiger partial charge < -0.3 is 16.0 Å². The number of nitrogens with one attached hydrogen (secondary N) is 3. The maximum atomic E-state index is 12.6. The first-order chi connectivity index (χ1) is 12.6. The SMILES string of the molecule is CCC(=O)Nc1cccc(NC(=O)c2sc(NC(=O)C(C)(C)C)cc2C)c1. The Balaban J connectivity index is 2.11. The van der Waals surface area contributed by atoms with Gasteiger partial charge in [0.2, 0.25) is 11.8 Å². The molecule has 0 saturated carbocycles. The molecule has 6 nitrogen and oxygen atoms in total. The van der Waals surface area contributed by atoms with Crippen molar-refractivity contribution in [2.45, 2.75) is 41.0 Å². The van der Waals surface area contributed by atoms with E-state index in [9.17, 15) is 14.4 Å². The Morgan fingerprint density at radius 3 is 2.22 bits per heavy atom. The van der Waals surface area contributed by atoms with Crippen molar-refractivity contribution in [2.24, 2.45) is 5.41 Å². The van der Waals surface area contributed by atoms with Gasteiger partial charge in [-0.15, -0.1) is 11.3 Å². The van der Waals surface area contributed by atoms with Crippen LogP contribution in [0.1, 0.15) is 49.4 Å². The molecule has 0 aliphatic rings. The Morgan fingerprint density at radius 2 is 1.63 bits per heavy atom. The zero-order valence-electron chi connectivity index (χ0n) is 16.2. The monoisotopic (exact) mass is 387 g/mol. The first-order valence-electron chi connectivity index (χ1n) is 8.73. The first-order valence-corrected chi connectivity index (χ1v) is 9.55. The third kappa shape index (κ3) is 5.65. The number of carbonyl (C=O) groups is 3. The quantitative estimate of drug-likeness (QED) is 0.698. The zero-order valence-corrected chi connectivity index (χ0v) is 17.0. The number of rotatable bonds is 5. The van der Waals surface area contributed by atoms with E-state index >= 15 is 0 Å². The minimum absolute atomic E-state index is 0.0909. The van der Waals surface area contributed by atoms with Gasteiger partial charge in [-0.25, -0.2) is 0 Å². The highest BCUT2D eigenvalue weighted by Crippen LogP contribution is 2.29. The van der Waals surface area contributed by atoms with Crippen molar-refractivity contribution >= 4 is 45.4 Å². The number of carbonyl (C=O) groups excluding carboxylic acids is 3. The van der Waals surface area contributed by atoms with Gasteiger partial charge in [0.1, 0.15) is 0 Å². The van der Waals surface area contributed by atoms with Crippen LogP contribution < -0.4 is 16.0 Å². The Bertz CT molecular complexity index is 866. The number of anilines is 3. The molecule has 3 amide bonds. The lowest BCUT2D eigenvalue weighted by Crippen LogP contribution is -2.27. The van der Waals surface area contributed by atoms with Crippen LogP contribution in [0.5, 0.6) is 0 Å². The van der Waals surface area contributed by atoms with Crippen molar-refractivity contribution < 1.29 is 14.4 Å². The van der Waals surface area contributed by atoms with Crippen LogP contribution >= 0.6 is 11.3 Å². The van der Waals surface area contributed by atoms with E-state index in [2.05, 4.69) is 16.0 Å². The molecule has 0 bridgehead atoms. The van der Waals surface area contributed by atoms with Crippen molar-refractivity contribution in [3.63, 3.8) is 0 Å². The Morgan fingerprint density at radius 1 is 1.00 bits per heavy atom. The molecule has 1 aromatic heterocycles. The summed E-state index contributed by atoms with van der Waals surface area (Å²) in [6.07, 6.45) is 0.383. The topological polar surface area (TPSA) is 87.3 Å². The first kappa shape index (κ1) is 20.6. The van der Waals surface area contributed by atoms with Gasteiger partial charge in [-0.05, 0) is 36.8 Å². The molecule has 0 aliphatic heterocycles. The minimum atomic E-state index is -0.510. The van der Waals surface area contributed by atoms with Crippen molar-refractivity contribution in [3.05, 3.63) is 40.8 Å². The summed E-state index contributed by atoms with van der Waals surface area (Å²) >= 11 is 1.24. The largest absolute Gasteiger partial charge is 0.326 e. The van der Waals surface area contributed by atoms with E-state index < -0.39 is 5.41 Å². The van der Waals surface area contributed by atoms with Crippen LogP contribution in [0, 0.1) is 12.3 Å². The van der Waals surface area contributed by atoms with Gasteiger partial charge >= 0.3 is 0 Å². The second-order valence-corrected chi connectivity index (χ2v) is 8.32. The molecule has 3 N–H and O–H groups in total. The summed E-state index contributed by atoms with van der Waals surface area (Å²) < 4.78 is 0. The van der Waals surface area contributed by atoms with Gasteiger partial charge in [0, 0.05) is 23.2 Å². The van der Waals surface area contributed by atoms with Crippen LogP contribution in [0.3, 0.4) is 0 Å². The number of aryl methyl sites for hydroxylation is 1. The van der Waals surface area contributed by atoms with Crippen molar-refractivity contribution in [1.82, 2.24) is 0 Å². The van der Waals surface area contributed by atoms with Crippen LogP contribution in [0.15, 0.2) is 30.3 Å². The Hall–Kier alpha value is -2.67. The summed E-state index contributed by atoms with van der Waals surface area (Å²) in [5, 5.41) is 9.09. The number of thiophene rings is 1. The van der Waals surface area contributed by atoms with Crippen molar-refractivity contribution in [3.8, 4) is 0 Å². The minimum Gasteiger partial charge on any atom is -0.326 e. The van der Waals surface area contributed by atoms with Gasteiger partial charge in [-0.2, -0.15) is 0 Å². The predicted molar refractivity (Wildman–Crippen MR) is 110 cm³/mol. The van der Waals surface area contributed by atoms with E-state index in [0.29, 0.717) is 27.7 Å². The van der Waals surface area contributed by atoms with Gasteiger partial charge in [-0.3, -0.25) is 14.4 Å². The molecule has 0 atom stereocenters. The van der Waals surface area contributed by atoms with Crippen molar-refractivity contribution in [2.75, 3.05) is 16.0 Å². The summed E-state index contributed by atoms with van der Waals surface area (Å²) in [7, 11) is 0. The second-order valence-electron chi connectivity index (χ2n) is 7.26. The molecular formula is C20H25N3O3S. The average Bonchev–Trinajstić information content (AvgIpc) is 2.94. The molecule has 0 aliphatic carbocycles. The molecule has 27 heavy (non-hydrogen) atoms. The normalized spacial score (nSPS) is 11.0. The van der Waals surface area contributed by atoms with Crippen LogP contribution in [0.4, 0.5) is 16.4 Å². The van der Waals surface area contributed by atoms with E-state index in [1.807, 2.05) is 27.7 Å².